The Kier molecular flexibility index (Phi) is 6.26. The molecule has 6 nitrogen and oxygen atoms in total. The highest BCUT2D eigenvalue weighted by Crippen LogP contribution is 2.19. The minimum atomic E-state index is -0.723. The molecular weight excluding hydrogens is 260 g/mol. The molecule has 1 aliphatic heterocycles. The highest BCUT2D eigenvalue weighted by molar-refractivity contribution is 5.78. The van der Waals surface area contributed by atoms with E-state index in [0.29, 0.717) is 12.5 Å². The van der Waals surface area contributed by atoms with Gasteiger partial charge in [0.1, 0.15) is 0 Å². The van der Waals surface area contributed by atoms with E-state index in [4.69, 9.17) is 4.74 Å². The number of ether oxygens (including phenoxy) is 2. The summed E-state index contributed by atoms with van der Waals surface area (Å²) in [5, 5.41) is 5.55. The predicted molar refractivity (Wildman–Crippen MR) is 75.3 cm³/mol. The lowest BCUT2D eigenvalue weighted by Crippen LogP contribution is -2.45. The molecule has 0 spiro atoms. The molecule has 0 radical (unpaired) electrons. The maximum absolute atomic E-state index is 11.7. The summed E-state index contributed by atoms with van der Waals surface area (Å²) >= 11 is 0. The highest BCUT2D eigenvalue weighted by Gasteiger charge is 2.29. The van der Waals surface area contributed by atoms with Gasteiger partial charge in [-0.2, -0.15) is 0 Å². The van der Waals surface area contributed by atoms with Gasteiger partial charge in [0.2, 0.25) is 0 Å². The fourth-order valence-electron chi connectivity index (χ4n) is 2.23. The number of hydrogen-bond acceptors (Lipinski definition) is 4. The van der Waals surface area contributed by atoms with E-state index in [1.54, 1.807) is 13.8 Å². The average Bonchev–Trinajstić information content (AvgIpc) is 2.42. The second-order valence-corrected chi connectivity index (χ2v) is 6.01. The van der Waals surface area contributed by atoms with Gasteiger partial charge in [-0.05, 0) is 39.5 Å². The third-order valence-electron chi connectivity index (χ3n) is 3.57. The van der Waals surface area contributed by atoms with Crippen LogP contribution in [0.4, 0.5) is 4.79 Å². The summed E-state index contributed by atoms with van der Waals surface area (Å²) in [4.78, 5) is 23.2. The van der Waals surface area contributed by atoms with Crippen molar-refractivity contribution in [3.8, 4) is 0 Å². The monoisotopic (exact) mass is 286 g/mol. The van der Waals surface area contributed by atoms with E-state index >= 15 is 0 Å². The van der Waals surface area contributed by atoms with E-state index in [1.807, 2.05) is 6.92 Å². The lowest BCUT2D eigenvalue weighted by atomic mass is 9.94. The molecule has 0 bridgehead atoms. The van der Waals surface area contributed by atoms with Crippen molar-refractivity contribution in [2.75, 3.05) is 26.8 Å². The van der Waals surface area contributed by atoms with Gasteiger partial charge in [-0.1, -0.05) is 0 Å². The Labute approximate surface area is 120 Å². The zero-order chi connectivity index (χ0) is 15.2. The fourth-order valence-corrected chi connectivity index (χ4v) is 2.23. The van der Waals surface area contributed by atoms with Crippen LogP contribution in [0.25, 0.3) is 0 Å². The Hall–Kier alpha value is -1.30. The van der Waals surface area contributed by atoms with Gasteiger partial charge in [0, 0.05) is 19.7 Å². The van der Waals surface area contributed by atoms with Crippen LogP contribution in [-0.4, -0.2) is 44.9 Å². The molecule has 2 atom stereocenters. The molecule has 1 aliphatic rings. The van der Waals surface area contributed by atoms with Crippen molar-refractivity contribution in [1.29, 1.82) is 0 Å². The van der Waals surface area contributed by atoms with Crippen LogP contribution in [-0.2, 0) is 14.3 Å². The van der Waals surface area contributed by atoms with Gasteiger partial charge >= 0.3 is 12.0 Å². The van der Waals surface area contributed by atoms with Gasteiger partial charge in [-0.25, -0.2) is 4.79 Å². The molecule has 0 unspecified atom stereocenters. The molecule has 1 saturated heterocycles. The lowest BCUT2D eigenvalue weighted by molar-refractivity contribution is -0.150. The molecule has 0 aliphatic carbocycles. The molecule has 1 fully saturated rings. The minimum Gasteiger partial charge on any atom is -0.469 e. The predicted octanol–water partition coefficient (Wildman–Crippen LogP) is 1.30. The molecule has 0 aromatic carbocycles. The van der Waals surface area contributed by atoms with Gasteiger partial charge in [0.25, 0.3) is 0 Å². The molecule has 6 heteroatoms. The Morgan fingerprint density at radius 2 is 2.05 bits per heavy atom. The summed E-state index contributed by atoms with van der Waals surface area (Å²) in [6.45, 7) is 7.15. The third kappa shape index (κ3) is 5.36. The zero-order valence-electron chi connectivity index (χ0n) is 12.8. The number of nitrogens with one attached hydrogen (secondary N) is 2. The van der Waals surface area contributed by atoms with Crippen LogP contribution in [0, 0.1) is 11.3 Å². The summed E-state index contributed by atoms with van der Waals surface area (Å²) in [7, 11) is 1.34. The van der Waals surface area contributed by atoms with E-state index in [0.717, 1.165) is 19.4 Å². The van der Waals surface area contributed by atoms with Crippen molar-refractivity contribution in [3.05, 3.63) is 0 Å². The number of hydrogen-bond donors (Lipinski definition) is 2. The van der Waals surface area contributed by atoms with Gasteiger partial charge in [0.05, 0.1) is 18.6 Å². The summed E-state index contributed by atoms with van der Waals surface area (Å²) in [5.41, 5.74) is -0.723. The van der Waals surface area contributed by atoms with Gasteiger partial charge in [0.15, 0.2) is 0 Å². The number of rotatable bonds is 5. The zero-order valence-corrected chi connectivity index (χ0v) is 12.8. The van der Waals surface area contributed by atoms with Crippen molar-refractivity contribution in [2.24, 2.45) is 11.3 Å². The Balaban J connectivity index is 2.25. The normalized spacial score (nSPS) is 23.0. The van der Waals surface area contributed by atoms with Crippen LogP contribution < -0.4 is 10.6 Å². The first-order valence-electron chi connectivity index (χ1n) is 7.07. The van der Waals surface area contributed by atoms with Crippen LogP contribution >= 0.6 is 0 Å². The van der Waals surface area contributed by atoms with Crippen molar-refractivity contribution >= 4 is 12.0 Å². The molecule has 0 saturated carbocycles. The first-order chi connectivity index (χ1) is 9.35. The van der Waals surface area contributed by atoms with Crippen LogP contribution in [0.5, 0.6) is 0 Å². The number of carbonyl (C=O) groups excluding carboxylic acids is 2. The summed E-state index contributed by atoms with van der Waals surface area (Å²) in [5.74, 6) is 0.120. The minimum absolute atomic E-state index is 0.246. The molecule has 20 heavy (non-hydrogen) atoms. The SMILES string of the molecule is COC(=O)C(C)(C)CNC(=O)NC[C@@H]1CCO[C@@H](C)C1. The Morgan fingerprint density at radius 3 is 2.65 bits per heavy atom. The first kappa shape index (κ1) is 16.8. The molecule has 2 amide bonds. The summed E-state index contributed by atoms with van der Waals surface area (Å²) in [6, 6.07) is -0.249. The van der Waals surface area contributed by atoms with Gasteiger partial charge in [-0.3, -0.25) is 4.79 Å². The van der Waals surface area contributed by atoms with Crippen LogP contribution in [0.1, 0.15) is 33.6 Å². The van der Waals surface area contributed by atoms with E-state index in [1.165, 1.54) is 7.11 Å². The van der Waals surface area contributed by atoms with Gasteiger partial charge in [-0.15, -0.1) is 0 Å². The quantitative estimate of drug-likeness (QED) is 0.747. The van der Waals surface area contributed by atoms with E-state index in [2.05, 4.69) is 15.4 Å². The molecule has 1 rings (SSSR count). The standard InChI is InChI=1S/C14H26N2O4/c1-10-7-11(5-6-20-10)8-15-13(18)16-9-14(2,3)12(17)19-4/h10-11H,5-9H2,1-4H3,(H2,15,16,18)/t10-,11+/m0/s1. The highest BCUT2D eigenvalue weighted by atomic mass is 16.5. The summed E-state index contributed by atoms with van der Waals surface area (Å²) in [6.07, 6.45) is 2.20. The second-order valence-electron chi connectivity index (χ2n) is 6.01. The molecule has 116 valence electrons. The molecule has 1 heterocycles. The lowest BCUT2D eigenvalue weighted by Gasteiger charge is -2.27. The topological polar surface area (TPSA) is 76.7 Å². The Morgan fingerprint density at radius 1 is 1.35 bits per heavy atom. The van der Waals surface area contributed by atoms with Crippen molar-refractivity contribution < 1.29 is 19.1 Å². The largest absolute Gasteiger partial charge is 0.469 e. The van der Waals surface area contributed by atoms with Crippen LogP contribution in [0.15, 0.2) is 0 Å². The van der Waals surface area contributed by atoms with E-state index in [-0.39, 0.29) is 24.6 Å². The number of amides is 2. The Bertz CT molecular complexity index is 344. The van der Waals surface area contributed by atoms with Crippen LogP contribution in [0.3, 0.4) is 0 Å². The fraction of sp³-hybridized carbons (Fsp3) is 0.857. The number of carbonyl (C=O) groups is 2. The first-order valence-corrected chi connectivity index (χ1v) is 7.07. The average molecular weight is 286 g/mol. The smallest absolute Gasteiger partial charge is 0.314 e. The maximum atomic E-state index is 11.7. The summed E-state index contributed by atoms with van der Waals surface area (Å²) < 4.78 is 10.2. The molecular formula is C14H26N2O4. The van der Waals surface area contributed by atoms with Crippen LogP contribution in [0.2, 0.25) is 0 Å². The number of methoxy groups -OCH3 is 1. The van der Waals surface area contributed by atoms with E-state index < -0.39 is 5.41 Å². The molecule has 2 N–H and O–H groups in total. The maximum Gasteiger partial charge on any atom is 0.314 e. The molecule has 0 aromatic rings. The van der Waals surface area contributed by atoms with Crippen molar-refractivity contribution in [3.63, 3.8) is 0 Å². The van der Waals surface area contributed by atoms with Crippen molar-refractivity contribution in [1.82, 2.24) is 10.6 Å². The van der Waals surface area contributed by atoms with E-state index in [9.17, 15) is 9.59 Å². The second kappa shape index (κ2) is 7.47. The van der Waals surface area contributed by atoms with Crippen molar-refractivity contribution in [2.45, 2.75) is 39.7 Å². The number of urea groups is 1. The molecule has 0 aromatic heterocycles. The third-order valence-corrected chi connectivity index (χ3v) is 3.57. The number of esters is 1. The van der Waals surface area contributed by atoms with Gasteiger partial charge < -0.3 is 20.1 Å².